The summed E-state index contributed by atoms with van der Waals surface area (Å²) in [5, 5.41) is 7.12. The van der Waals surface area contributed by atoms with Gasteiger partial charge in [-0.15, -0.1) is 11.3 Å². The lowest BCUT2D eigenvalue weighted by Gasteiger charge is -2.13. The van der Waals surface area contributed by atoms with Gasteiger partial charge in [0.05, 0.1) is 11.4 Å². The van der Waals surface area contributed by atoms with Gasteiger partial charge in [0.25, 0.3) is 5.91 Å². The van der Waals surface area contributed by atoms with Crippen LogP contribution in [0.5, 0.6) is 0 Å². The summed E-state index contributed by atoms with van der Waals surface area (Å²) in [7, 11) is 0. The van der Waals surface area contributed by atoms with Gasteiger partial charge < -0.3 is 10.6 Å². The third-order valence-electron chi connectivity index (χ3n) is 3.20. The molecule has 2 rings (SSSR count). The van der Waals surface area contributed by atoms with Crippen molar-refractivity contribution < 1.29 is 14.0 Å². The largest absolute Gasteiger partial charge is 0.354 e. The van der Waals surface area contributed by atoms with Gasteiger partial charge in [0.2, 0.25) is 5.91 Å². The molecule has 1 heterocycles. The maximum absolute atomic E-state index is 12.8. The van der Waals surface area contributed by atoms with Crippen LogP contribution in [0, 0.1) is 5.82 Å². The molecule has 0 aliphatic carbocycles. The van der Waals surface area contributed by atoms with E-state index in [4.69, 9.17) is 0 Å². The SMILES string of the molecule is CC(CNC(=O)CNC(=O)c1cccs1)c1ccc(F)cc1. The molecule has 0 saturated carbocycles. The number of hydrogen-bond donors (Lipinski definition) is 2. The topological polar surface area (TPSA) is 58.2 Å². The summed E-state index contributed by atoms with van der Waals surface area (Å²) < 4.78 is 12.8. The quantitative estimate of drug-likeness (QED) is 0.859. The first-order valence-corrected chi connectivity index (χ1v) is 7.78. The van der Waals surface area contributed by atoms with E-state index in [1.165, 1.54) is 23.5 Å². The van der Waals surface area contributed by atoms with Gasteiger partial charge >= 0.3 is 0 Å². The van der Waals surface area contributed by atoms with Gasteiger partial charge in [0.1, 0.15) is 5.82 Å². The molecule has 1 aromatic heterocycles. The van der Waals surface area contributed by atoms with Crippen molar-refractivity contribution in [1.29, 1.82) is 0 Å². The molecule has 4 nitrogen and oxygen atoms in total. The Hall–Kier alpha value is -2.21. The fourth-order valence-electron chi connectivity index (χ4n) is 1.89. The highest BCUT2D eigenvalue weighted by atomic mass is 32.1. The van der Waals surface area contributed by atoms with E-state index in [9.17, 15) is 14.0 Å². The van der Waals surface area contributed by atoms with E-state index in [-0.39, 0.29) is 30.1 Å². The van der Waals surface area contributed by atoms with E-state index in [1.807, 2.05) is 6.92 Å². The Kier molecular flexibility index (Phi) is 5.66. The van der Waals surface area contributed by atoms with Crippen molar-refractivity contribution in [3.8, 4) is 0 Å². The number of thiophene rings is 1. The minimum absolute atomic E-state index is 0.0626. The van der Waals surface area contributed by atoms with Crippen LogP contribution in [0.1, 0.15) is 28.1 Å². The summed E-state index contributed by atoms with van der Waals surface area (Å²) in [6.45, 7) is 2.31. The number of amides is 2. The Bertz CT molecular complexity index is 626. The van der Waals surface area contributed by atoms with Crippen LogP contribution >= 0.6 is 11.3 Å². The lowest BCUT2D eigenvalue weighted by Crippen LogP contribution is -2.38. The Morgan fingerprint density at radius 1 is 1.18 bits per heavy atom. The Balaban J connectivity index is 1.73. The second-order valence-corrected chi connectivity index (χ2v) is 5.86. The van der Waals surface area contributed by atoms with Crippen LogP contribution in [-0.4, -0.2) is 24.9 Å². The van der Waals surface area contributed by atoms with Gasteiger partial charge in [-0.25, -0.2) is 4.39 Å². The standard InChI is InChI=1S/C16H17FN2O2S/c1-11(12-4-6-13(17)7-5-12)9-18-15(20)10-19-16(21)14-3-2-8-22-14/h2-8,11H,9-10H2,1H3,(H,18,20)(H,19,21). The molecule has 2 aromatic rings. The zero-order chi connectivity index (χ0) is 15.9. The molecule has 0 bridgehead atoms. The second-order valence-electron chi connectivity index (χ2n) is 4.92. The van der Waals surface area contributed by atoms with Crippen molar-refractivity contribution in [1.82, 2.24) is 10.6 Å². The van der Waals surface area contributed by atoms with Crippen LogP contribution in [0.3, 0.4) is 0 Å². The molecular formula is C16H17FN2O2S. The zero-order valence-electron chi connectivity index (χ0n) is 12.1. The minimum atomic E-state index is -0.281. The van der Waals surface area contributed by atoms with Crippen LogP contribution in [0.25, 0.3) is 0 Å². The van der Waals surface area contributed by atoms with Gasteiger partial charge in [0.15, 0.2) is 0 Å². The highest BCUT2D eigenvalue weighted by Gasteiger charge is 2.10. The highest BCUT2D eigenvalue weighted by Crippen LogP contribution is 2.14. The molecule has 0 aliphatic rings. The van der Waals surface area contributed by atoms with Gasteiger partial charge in [-0.2, -0.15) is 0 Å². The third kappa shape index (κ3) is 4.66. The Morgan fingerprint density at radius 3 is 2.55 bits per heavy atom. The second kappa shape index (κ2) is 7.70. The normalized spacial score (nSPS) is 11.7. The molecular weight excluding hydrogens is 303 g/mol. The number of nitrogens with one attached hydrogen (secondary N) is 2. The first kappa shape index (κ1) is 16.2. The summed E-state index contributed by atoms with van der Waals surface area (Å²) in [5.74, 6) is -0.718. The fraction of sp³-hybridized carbons (Fsp3) is 0.250. The number of carbonyl (C=O) groups is 2. The first-order valence-electron chi connectivity index (χ1n) is 6.90. The van der Waals surface area contributed by atoms with E-state index >= 15 is 0 Å². The van der Waals surface area contributed by atoms with E-state index in [1.54, 1.807) is 29.6 Å². The van der Waals surface area contributed by atoms with Gasteiger partial charge in [-0.1, -0.05) is 25.1 Å². The lowest BCUT2D eigenvalue weighted by atomic mass is 10.0. The predicted octanol–water partition coefficient (Wildman–Crippen LogP) is 2.54. The highest BCUT2D eigenvalue weighted by molar-refractivity contribution is 7.12. The minimum Gasteiger partial charge on any atom is -0.354 e. The van der Waals surface area contributed by atoms with Crippen LogP contribution in [0.2, 0.25) is 0 Å². The van der Waals surface area contributed by atoms with E-state index in [0.717, 1.165) is 5.56 Å². The molecule has 0 radical (unpaired) electrons. The predicted molar refractivity (Wildman–Crippen MR) is 84.5 cm³/mol. The number of rotatable bonds is 6. The average Bonchev–Trinajstić information content (AvgIpc) is 3.05. The monoisotopic (exact) mass is 320 g/mol. The summed E-state index contributed by atoms with van der Waals surface area (Å²) in [6.07, 6.45) is 0. The lowest BCUT2D eigenvalue weighted by molar-refractivity contribution is -0.120. The van der Waals surface area contributed by atoms with Gasteiger partial charge in [-0.05, 0) is 35.1 Å². The van der Waals surface area contributed by atoms with Crippen LogP contribution in [0.4, 0.5) is 4.39 Å². The molecule has 0 fully saturated rings. The number of carbonyl (C=O) groups excluding carboxylic acids is 2. The molecule has 0 aliphatic heterocycles. The van der Waals surface area contributed by atoms with Crippen molar-refractivity contribution in [2.45, 2.75) is 12.8 Å². The van der Waals surface area contributed by atoms with Crippen molar-refractivity contribution in [3.05, 3.63) is 58.0 Å². The molecule has 1 atom stereocenters. The summed E-state index contributed by atoms with van der Waals surface area (Å²) >= 11 is 1.32. The molecule has 116 valence electrons. The van der Waals surface area contributed by atoms with Crippen molar-refractivity contribution in [3.63, 3.8) is 0 Å². The van der Waals surface area contributed by atoms with Crippen LogP contribution in [-0.2, 0) is 4.79 Å². The van der Waals surface area contributed by atoms with E-state index in [2.05, 4.69) is 10.6 Å². The molecule has 2 amide bonds. The molecule has 1 aromatic carbocycles. The maximum Gasteiger partial charge on any atom is 0.261 e. The summed E-state index contributed by atoms with van der Waals surface area (Å²) in [4.78, 5) is 24.0. The van der Waals surface area contributed by atoms with Crippen molar-refractivity contribution in [2.24, 2.45) is 0 Å². The van der Waals surface area contributed by atoms with E-state index < -0.39 is 0 Å². The third-order valence-corrected chi connectivity index (χ3v) is 4.07. The summed E-state index contributed by atoms with van der Waals surface area (Å²) in [5.41, 5.74) is 0.948. The number of halogens is 1. The smallest absolute Gasteiger partial charge is 0.261 e. The summed E-state index contributed by atoms with van der Waals surface area (Å²) in [6, 6.07) is 9.68. The molecule has 22 heavy (non-hydrogen) atoms. The maximum atomic E-state index is 12.8. The molecule has 0 spiro atoms. The van der Waals surface area contributed by atoms with Crippen molar-refractivity contribution in [2.75, 3.05) is 13.1 Å². The molecule has 1 unspecified atom stereocenters. The Morgan fingerprint density at radius 2 is 1.91 bits per heavy atom. The zero-order valence-corrected chi connectivity index (χ0v) is 13.0. The average molecular weight is 320 g/mol. The molecule has 6 heteroatoms. The fourth-order valence-corrected chi connectivity index (χ4v) is 2.53. The van der Waals surface area contributed by atoms with Crippen LogP contribution < -0.4 is 10.6 Å². The van der Waals surface area contributed by atoms with Gasteiger partial charge in [-0.3, -0.25) is 9.59 Å². The molecule has 0 saturated heterocycles. The number of benzene rings is 1. The van der Waals surface area contributed by atoms with Crippen molar-refractivity contribution >= 4 is 23.2 Å². The van der Waals surface area contributed by atoms with Crippen LogP contribution in [0.15, 0.2) is 41.8 Å². The Labute approximate surface area is 132 Å². The first-order chi connectivity index (χ1) is 10.6. The van der Waals surface area contributed by atoms with E-state index in [0.29, 0.717) is 11.4 Å². The van der Waals surface area contributed by atoms with Gasteiger partial charge in [0, 0.05) is 6.54 Å². The number of hydrogen-bond acceptors (Lipinski definition) is 3. The molecule has 2 N–H and O–H groups in total.